The van der Waals surface area contributed by atoms with E-state index in [1.165, 1.54) is 93.1 Å². The second-order valence-corrected chi connectivity index (χ2v) is 17.4. The van der Waals surface area contributed by atoms with Gasteiger partial charge in [-0.2, -0.15) is 0 Å². The Labute approximate surface area is 336 Å². The summed E-state index contributed by atoms with van der Waals surface area (Å²) in [5.41, 5.74) is 15.8. The second-order valence-electron chi connectivity index (χ2n) is 17.4. The predicted octanol–water partition coefficient (Wildman–Crippen LogP) is 15.1. The van der Waals surface area contributed by atoms with E-state index < -0.39 is 0 Å². The molecule has 0 N–H and O–H groups in total. The average Bonchev–Trinajstić information content (AvgIpc) is 3.78. The van der Waals surface area contributed by atoms with Crippen molar-refractivity contribution in [2.75, 3.05) is 4.90 Å². The van der Waals surface area contributed by atoms with Gasteiger partial charge in [0.05, 0.1) is 17.1 Å². The lowest BCUT2D eigenvalue weighted by Crippen LogP contribution is -2.68. The van der Waals surface area contributed by atoms with Gasteiger partial charge in [-0.25, -0.2) is 0 Å². The summed E-state index contributed by atoms with van der Waals surface area (Å²) in [6.45, 7) is 0. The summed E-state index contributed by atoms with van der Waals surface area (Å²) >= 11 is 0. The molecule has 5 atom stereocenters. The summed E-state index contributed by atoms with van der Waals surface area (Å²) < 4.78 is 0. The van der Waals surface area contributed by atoms with Crippen LogP contribution in [0.1, 0.15) is 37.7 Å². The molecule has 1 spiro atoms. The van der Waals surface area contributed by atoms with Gasteiger partial charge in [0.1, 0.15) is 0 Å². The van der Waals surface area contributed by atoms with Gasteiger partial charge in [-0.3, -0.25) is 0 Å². The van der Waals surface area contributed by atoms with Crippen LogP contribution in [0.25, 0.3) is 55.3 Å². The molecule has 57 heavy (non-hydrogen) atoms. The third-order valence-electron chi connectivity index (χ3n) is 14.9. The molecule has 1 nitrogen and oxygen atoms in total. The van der Waals surface area contributed by atoms with Gasteiger partial charge in [-0.15, -0.1) is 0 Å². The van der Waals surface area contributed by atoms with Crippen molar-refractivity contribution < 1.29 is 0 Å². The number of hydrogen-bond acceptors (Lipinski definition) is 1. The maximum atomic E-state index is 2.56. The number of fused-ring (bicyclic) bond motifs is 2. The van der Waals surface area contributed by atoms with Crippen molar-refractivity contribution >= 4 is 27.8 Å². The third-order valence-corrected chi connectivity index (χ3v) is 14.9. The summed E-state index contributed by atoms with van der Waals surface area (Å²) in [5.74, 6) is 2.77. The van der Waals surface area contributed by atoms with Crippen LogP contribution in [0, 0.1) is 23.2 Å². The van der Waals surface area contributed by atoms with Gasteiger partial charge in [-0.1, -0.05) is 170 Å². The molecule has 5 unspecified atom stereocenters. The van der Waals surface area contributed by atoms with E-state index in [0.717, 1.165) is 29.1 Å². The molecule has 0 amide bonds. The van der Waals surface area contributed by atoms with Crippen LogP contribution in [0.3, 0.4) is 0 Å². The van der Waals surface area contributed by atoms with Crippen LogP contribution in [-0.2, 0) is 5.41 Å². The Morgan fingerprint density at radius 1 is 0.386 bits per heavy atom. The molecule has 4 saturated carbocycles. The molecule has 2 bridgehead atoms. The summed E-state index contributed by atoms with van der Waals surface area (Å²) in [7, 11) is 0. The summed E-state index contributed by atoms with van der Waals surface area (Å²) in [4.78, 5) is 2.56. The first-order valence-corrected chi connectivity index (χ1v) is 21.0. The smallest absolute Gasteiger partial charge is 0.0540 e. The molecule has 8 aromatic carbocycles. The van der Waals surface area contributed by atoms with Crippen molar-refractivity contribution in [3.63, 3.8) is 0 Å². The Kier molecular flexibility index (Phi) is 7.33. The van der Waals surface area contributed by atoms with Gasteiger partial charge in [0, 0.05) is 22.1 Å². The molecule has 0 radical (unpaired) electrons. The lowest BCUT2D eigenvalue weighted by molar-refractivity contribution is -0.198. The van der Waals surface area contributed by atoms with E-state index in [0.29, 0.717) is 10.8 Å². The van der Waals surface area contributed by atoms with Crippen molar-refractivity contribution in [1.82, 2.24) is 0 Å². The molecule has 12 rings (SSSR count). The summed E-state index contributed by atoms with van der Waals surface area (Å²) in [6.07, 6.45) is 7.16. The Bertz CT molecular complexity index is 2800. The third kappa shape index (κ3) is 4.75. The monoisotopic (exact) mass is 731 g/mol. The van der Waals surface area contributed by atoms with E-state index in [4.69, 9.17) is 0 Å². The average molecular weight is 732 g/mol. The molecular formula is C56H45N. The van der Waals surface area contributed by atoms with Crippen molar-refractivity contribution in [2.45, 2.75) is 37.5 Å². The van der Waals surface area contributed by atoms with Crippen LogP contribution in [0.5, 0.6) is 0 Å². The fourth-order valence-corrected chi connectivity index (χ4v) is 12.8. The van der Waals surface area contributed by atoms with Crippen LogP contribution in [0.2, 0.25) is 0 Å². The highest BCUT2D eigenvalue weighted by Gasteiger charge is 2.80. The first-order chi connectivity index (χ1) is 28.2. The van der Waals surface area contributed by atoms with E-state index in [1.54, 1.807) is 5.56 Å². The van der Waals surface area contributed by atoms with E-state index in [-0.39, 0.29) is 0 Å². The number of rotatable bonds is 8. The molecule has 1 heteroatoms. The molecular weight excluding hydrogens is 687 g/mol. The second kappa shape index (κ2) is 12.7. The first-order valence-electron chi connectivity index (χ1n) is 21.0. The largest absolute Gasteiger partial charge is 0.309 e. The Balaban J connectivity index is 1.12. The predicted molar refractivity (Wildman–Crippen MR) is 238 cm³/mol. The normalized spacial score (nSPS) is 23.8. The van der Waals surface area contributed by atoms with Crippen LogP contribution in [0.15, 0.2) is 194 Å². The van der Waals surface area contributed by atoms with Crippen molar-refractivity contribution in [2.24, 2.45) is 23.2 Å². The molecule has 4 aliphatic rings. The topological polar surface area (TPSA) is 3.24 Å². The molecule has 0 aromatic heterocycles. The van der Waals surface area contributed by atoms with Gasteiger partial charge in [0.2, 0.25) is 0 Å². The van der Waals surface area contributed by atoms with Gasteiger partial charge in [0.25, 0.3) is 0 Å². The number of benzene rings is 8. The lowest BCUT2D eigenvalue weighted by Gasteiger charge is -2.73. The number of anilines is 3. The highest BCUT2D eigenvalue weighted by Crippen LogP contribution is 2.86. The van der Waals surface area contributed by atoms with Crippen LogP contribution in [-0.4, -0.2) is 0 Å². The van der Waals surface area contributed by atoms with Gasteiger partial charge < -0.3 is 4.90 Å². The minimum atomic E-state index is 0.321. The Morgan fingerprint density at radius 3 is 1.67 bits per heavy atom. The van der Waals surface area contributed by atoms with Crippen molar-refractivity contribution in [1.29, 1.82) is 0 Å². The molecule has 0 aliphatic heterocycles. The maximum Gasteiger partial charge on any atom is 0.0540 e. The van der Waals surface area contributed by atoms with E-state index in [9.17, 15) is 0 Å². The molecule has 8 aromatic rings. The molecule has 4 aliphatic carbocycles. The highest BCUT2D eigenvalue weighted by molar-refractivity contribution is 6.05. The fraction of sp³-hybridized carbons (Fsp3) is 0.179. The van der Waals surface area contributed by atoms with E-state index >= 15 is 0 Å². The SMILES string of the molecule is c1ccc(-c2ccc(N(c3ccccc3-c3ccccc3)c3ccccc3-c3cccc4cccc(C56CC7CC8CC(C5)C86C7)c34)c(-c3ccccc3)c2)cc1. The van der Waals surface area contributed by atoms with Crippen molar-refractivity contribution in [3.8, 4) is 44.5 Å². The number of nitrogens with zero attached hydrogens (tertiary/aromatic N) is 1. The standard InChI is InChI=1S/C56H45N/c1-4-16-39(17-5-1)43-30-31-53(49(33-43)41-20-8-3-9-21-41)57(51-28-12-10-24-46(51)40-18-6-2-7-19-40)52-29-13-11-25-47(52)48-26-14-22-42-23-15-27-50(54(42)48)55-35-38-32-44-34-45(37-55)56(44,55)36-38/h1-31,33,38,44-45H,32,34-37H2. The number of para-hydroxylation sites is 2. The zero-order chi connectivity index (χ0) is 37.6. The van der Waals surface area contributed by atoms with E-state index in [1.807, 2.05) is 0 Å². The Hall–Kier alpha value is -6.18. The summed E-state index contributed by atoms with van der Waals surface area (Å²) in [6, 6.07) is 72.2. The van der Waals surface area contributed by atoms with Crippen LogP contribution in [0.4, 0.5) is 17.1 Å². The fourth-order valence-electron chi connectivity index (χ4n) is 12.8. The minimum absolute atomic E-state index is 0.321. The van der Waals surface area contributed by atoms with Crippen molar-refractivity contribution in [3.05, 3.63) is 200 Å². The maximum absolute atomic E-state index is 2.56. The minimum Gasteiger partial charge on any atom is -0.309 e. The Morgan fingerprint density at radius 2 is 0.965 bits per heavy atom. The summed E-state index contributed by atoms with van der Waals surface area (Å²) in [5, 5.41) is 2.83. The number of hydrogen-bond donors (Lipinski definition) is 0. The first kappa shape index (κ1) is 33.0. The van der Waals surface area contributed by atoms with E-state index in [2.05, 4.69) is 199 Å². The van der Waals surface area contributed by atoms with Gasteiger partial charge in [0.15, 0.2) is 0 Å². The lowest BCUT2D eigenvalue weighted by atomic mass is 9.30. The molecule has 0 heterocycles. The molecule has 274 valence electrons. The quantitative estimate of drug-likeness (QED) is 0.150. The van der Waals surface area contributed by atoms with Crippen LogP contribution >= 0.6 is 0 Å². The molecule has 0 saturated heterocycles. The van der Waals surface area contributed by atoms with Gasteiger partial charge >= 0.3 is 0 Å². The van der Waals surface area contributed by atoms with Gasteiger partial charge in [-0.05, 0) is 124 Å². The zero-order valence-corrected chi connectivity index (χ0v) is 32.2. The molecule has 4 fully saturated rings. The van der Waals surface area contributed by atoms with Crippen LogP contribution < -0.4 is 4.90 Å². The highest BCUT2D eigenvalue weighted by atomic mass is 15.1. The zero-order valence-electron chi connectivity index (χ0n) is 32.2.